The molecular formula is C18H18O2. The minimum atomic E-state index is -0.497. The van der Waals surface area contributed by atoms with Gasteiger partial charge in [-0.25, -0.2) is 0 Å². The summed E-state index contributed by atoms with van der Waals surface area (Å²) in [7, 11) is 1.66. The molecule has 3 rings (SSSR count). The van der Waals surface area contributed by atoms with Crippen molar-refractivity contribution in [3.05, 3.63) is 71.3 Å². The fourth-order valence-corrected chi connectivity index (χ4v) is 2.86. The molecule has 0 aliphatic heterocycles. The lowest BCUT2D eigenvalue weighted by Crippen LogP contribution is -2.15. The molecule has 20 heavy (non-hydrogen) atoms. The molecule has 0 saturated heterocycles. The van der Waals surface area contributed by atoms with Gasteiger partial charge in [-0.2, -0.15) is 0 Å². The lowest BCUT2D eigenvalue weighted by molar-refractivity contribution is 0.160. The van der Waals surface area contributed by atoms with Gasteiger partial charge in [-0.1, -0.05) is 42.5 Å². The standard InChI is InChI=1S/C18H18O2/c1-12-11-17(13-7-9-14(20-2)10-8-13)18(19)16-6-4-3-5-15(12)16/h3-11,17-19H,1-2H3/t17-,18-/m0/s1. The number of methoxy groups -OCH3 is 1. The summed E-state index contributed by atoms with van der Waals surface area (Å²) in [5.41, 5.74) is 4.47. The normalized spacial score (nSPS) is 21.1. The van der Waals surface area contributed by atoms with Gasteiger partial charge in [0.1, 0.15) is 5.75 Å². The molecule has 0 heterocycles. The molecule has 0 saturated carbocycles. The third-order valence-electron chi connectivity index (χ3n) is 3.97. The topological polar surface area (TPSA) is 29.5 Å². The molecule has 1 aliphatic carbocycles. The molecule has 1 N–H and O–H groups in total. The van der Waals surface area contributed by atoms with E-state index < -0.39 is 6.10 Å². The number of rotatable bonds is 2. The summed E-state index contributed by atoms with van der Waals surface area (Å²) in [6.07, 6.45) is 1.65. The Hall–Kier alpha value is -2.06. The van der Waals surface area contributed by atoms with Crippen LogP contribution in [0.1, 0.15) is 35.6 Å². The number of hydrogen-bond donors (Lipinski definition) is 1. The van der Waals surface area contributed by atoms with Crippen LogP contribution in [0.15, 0.2) is 54.6 Å². The van der Waals surface area contributed by atoms with Gasteiger partial charge in [-0.3, -0.25) is 0 Å². The lowest BCUT2D eigenvalue weighted by Gasteiger charge is -2.28. The third kappa shape index (κ3) is 2.12. The monoisotopic (exact) mass is 266 g/mol. The summed E-state index contributed by atoms with van der Waals surface area (Å²) in [5.74, 6) is 0.830. The van der Waals surface area contributed by atoms with Crippen molar-refractivity contribution in [2.45, 2.75) is 18.9 Å². The predicted molar refractivity (Wildman–Crippen MR) is 80.8 cm³/mol. The average molecular weight is 266 g/mol. The molecule has 102 valence electrons. The first kappa shape index (κ1) is 12.9. The number of hydrogen-bond acceptors (Lipinski definition) is 2. The second-order valence-electron chi connectivity index (χ2n) is 5.18. The Morgan fingerprint density at radius 1 is 1.00 bits per heavy atom. The number of aliphatic hydroxyl groups excluding tert-OH is 1. The van der Waals surface area contributed by atoms with E-state index in [-0.39, 0.29) is 5.92 Å². The van der Waals surface area contributed by atoms with E-state index in [1.54, 1.807) is 7.11 Å². The van der Waals surface area contributed by atoms with Crippen LogP contribution in [-0.4, -0.2) is 12.2 Å². The zero-order valence-electron chi connectivity index (χ0n) is 11.7. The summed E-state index contributed by atoms with van der Waals surface area (Å²) in [6.45, 7) is 2.10. The maximum absolute atomic E-state index is 10.6. The van der Waals surface area contributed by atoms with Gasteiger partial charge in [-0.05, 0) is 41.3 Å². The van der Waals surface area contributed by atoms with Crippen molar-refractivity contribution in [2.75, 3.05) is 7.11 Å². The van der Waals surface area contributed by atoms with Gasteiger partial charge in [0.05, 0.1) is 13.2 Å². The van der Waals surface area contributed by atoms with Gasteiger partial charge in [0, 0.05) is 5.92 Å². The second kappa shape index (κ2) is 5.14. The first-order valence-corrected chi connectivity index (χ1v) is 6.80. The summed E-state index contributed by atoms with van der Waals surface area (Å²) in [5, 5.41) is 10.6. The van der Waals surface area contributed by atoms with E-state index in [0.717, 1.165) is 22.4 Å². The minimum absolute atomic E-state index is 0.00388. The van der Waals surface area contributed by atoms with Crippen molar-refractivity contribution >= 4 is 5.57 Å². The SMILES string of the molecule is COc1ccc([C@@H]2C=C(C)c3ccccc3[C@@H]2O)cc1. The van der Waals surface area contributed by atoms with E-state index in [0.29, 0.717) is 0 Å². The van der Waals surface area contributed by atoms with E-state index in [2.05, 4.69) is 19.1 Å². The van der Waals surface area contributed by atoms with Crippen molar-refractivity contribution in [1.29, 1.82) is 0 Å². The van der Waals surface area contributed by atoms with Crippen molar-refractivity contribution in [3.8, 4) is 5.75 Å². The highest BCUT2D eigenvalue weighted by molar-refractivity contribution is 5.70. The van der Waals surface area contributed by atoms with Gasteiger partial charge in [0.15, 0.2) is 0 Å². The molecule has 2 aromatic rings. The van der Waals surface area contributed by atoms with E-state index in [9.17, 15) is 5.11 Å². The zero-order valence-corrected chi connectivity index (χ0v) is 11.7. The summed E-state index contributed by atoms with van der Waals surface area (Å²) >= 11 is 0. The van der Waals surface area contributed by atoms with Crippen LogP contribution in [0.3, 0.4) is 0 Å². The van der Waals surface area contributed by atoms with Crippen LogP contribution in [0.25, 0.3) is 5.57 Å². The number of ether oxygens (including phenoxy) is 1. The van der Waals surface area contributed by atoms with Crippen LogP contribution in [0, 0.1) is 0 Å². The number of benzene rings is 2. The molecule has 0 amide bonds. The molecule has 0 aromatic heterocycles. The lowest BCUT2D eigenvalue weighted by atomic mass is 9.79. The van der Waals surface area contributed by atoms with E-state index in [1.165, 1.54) is 5.57 Å². The quantitative estimate of drug-likeness (QED) is 0.892. The molecular weight excluding hydrogens is 248 g/mol. The van der Waals surface area contributed by atoms with E-state index >= 15 is 0 Å². The van der Waals surface area contributed by atoms with Crippen molar-refractivity contribution in [2.24, 2.45) is 0 Å². The highest BCUT2D eigenvalue weighted by atomic mass is 16.5. The Labute approximate surface area is 119 Å². The maximum atomic E-state index is 10.6. The van der Waals surface area contributed by atoms with E-state index in [4.69, 9.17) is 4.74 Å². The van der Waals surface area contributed by atoms with Crippen LogP contribution in [-0.2, 0) is 0 Å². The first-order chi connectivity index (χ1) is 9.70. The van der Waals surface area contributed by atoms with E-state index in [1.807, 2.05) is 42.5 Å². The molecule has 0 spiro atoms. The minimum Gasteiger partial charge on any atom is -0.497 e. The smallest absolute Gasteiger partial charge is 0.118 e. The number of aliphatic hydroxyl groups is 1. The number of allylic oxidation sites excluding steroid dienone is 1. The molecule has 0 unspecified atom stereocenters. The molecule has 2 atom stereocenters. The Morgan fingerprint density at radius 3 is 2.40 bits per heavy atom. The molecule has 0 fully saturated rings. The predicted octanol–water partition coefficient (Wildman–Crippen LogP) is 3.93. The maximum Gasteiger partial charge on any atom is 0.118 e. The fourth-order valence-electron chi connectivity index (χ4n) is 2.86. The van der Waals surface area contributed by atoms with Crippen molar-refractivity contribution < 1.29 is 9.84 Å². The Morgan fingerprint density at radius 2 is 1.70 bits per heavy atom. The second-order valence-corrected chi connectivity index (χ2v) is 5.18. The van der Waals surface area contributed by atoms with Crippen LogP contribution in [0.2, 0.25) is 0 Å². The van der Waals surface area contributed by atoms with Crippen molar-refractivity contribution in [3.63, 3.8) is 0 Å². The molecule has 1 aliphatic rings. The largest absolute Gasteiger partial charge is 0.497 e. The molecule has 0 bridgehead atoms. The fraction of sp³-hybridized carbons (Fsp3) is 0.222. The van der Waals surface area contributed by atoms with Crippen LogP contribution in [0.4, 0.5) is 0 Å². The van der Waals surface area contributed by atoms with Crippen LogP contribution < -0.4 is 4.74 Å². The van der Waals surface area contributed by atoms with Crippen LogP contribution >= 0.6 is 0 Å². The van der Waals surface area contributed by atoms with Gasteiger partial charge < -0.3 is 9.84 Å². The third-order valence-corrected chi connectivity index (χ3v) is 3.97. The molecule has 2 nitrogen and oxygen atoms in total. The summed E-state index contributed by atoms with van der Waals surface area (Å²) < 4.78 is 5.18. The van der Waals surface area contributed by atoms with Gasteiger partial charge in [-0.15, -0.1) is 0 Å². The molecule has 2 aromatic carbocycles. The number of fused-ring (bicyclic) bond motifs is 1. The summed E-state index contributed by atoms with van der Waals surface area (Å²) in [6, 6.07) is 16.0. The Balaban J connectivity index is 2.01. The van der Waals surface area contributed by atoms with Crippen molar-refractivity contribution in [1.82, 2.24) is 0 Å². The molecule has 2 heteroatoms. The molecule has 0 radical (unpaired) electrons. The Bertz CT molecular complexity index is 641. The van der Waals surface area contributed by atoms with Gasteiger partial charge in [0.2, 0.25) is 0 Å². The van der Waals surface area contributed by atoms with Gasteiger partial charge in [0.25, 0.3) is 0 Å². The average Bonchev–Trinajstić information content (AvgIpc) is 2.51. The summed E-state index contributed by atoms with van der Waals surface area (Å²) in [4.78, 5) is 0. The Kier molecular flexibility index (Phi) is 3.33. The highest BCUT2D eigenvalue weighted by Gasteiger charge is 2.27. The zero-order chi connectivity index (χ0) is 14.1. The highest BCUT2D eigenvalue weighted by Crippen LogP contribution is 2.41. The van der Waals surface area contributed by atoms with Gasteiger partial charge >= 0.3 is 0 Å². The first-order valence-electron chi connectivity index (χ1n) is 6.80. The van der Waals surface area contributed by atoms with Crippen LogP contribution in [0.5, 0.6) is 5.75 Å².